The summed E-state index contributed by atoms with van der Waals surface area (Å²) in [6.45, 7) is 7.73. The number of carbonyl (C=O) groups excluding carboxylic acids is 1. The van der Waals surface area contributed by atoms with Crippen molar-refractivity contribution in [3.05, 3.63) is 66.2 Å². The average Bonchev–Trinajstić information content (AvgIpc) is 2.85. The minimum absolute atomic E-state index is 0.00521. The summed E-state index contributed by atoms with van der Waals surface area (Å²) in [6, 6.07) is 19.2. The zero-order valence-corrected chi connectivity index (χ0v) is 18.5. The van der Waals surface area contributed by atoms with Crippen molar-refractivity contribution in [2.45, 2.75) is 13.8 Å². The quantitative estimate of drug-likeness (QED) is 0.564. The van der Waals surface area contributed by atoms with Crippen LogP contribution in [0.1, 0.15) is 24.2 Å². The van der Waals surface area contributed by atoms with E-state index in [0.29, 0.717) is 50.7 Å². The molecule has 1 saturated heterocycles. The van der Waals surface area contributed by atoms with Crippen molar-refractivity contribution in [1.82, 2.24) is 15.1 Å². The molecule has 0 unspecified atom stereocenters. The topological polar surface area (TPSA) is 67.8 Å². The number of para-hydroxylation sites is 1. The molecule has 0 bridgehead atoms. The molecule has 166 valence electrons. The molecule has 3 aromatic rings. The molecule has 0 spiro atoms. The number of anilines is 1. The molecule has 0 saturated carbocycles. The Kier molecular flexibility index (Phi) is 6.84. The van der Waals surface area contributed by atoms with E-state index in [1.807, 2.05) is 79.4 Å². The molecule has 4 rings (SSSR count). The Morgan fingerprint density at radius 2 is 1.56 bits per heavy atom. The van der Waals surface area contributed by atoms with Gasteiger partial charge in [-0.15, -0.1) is 10.2 Å². The third-order valence-corrected chi connectivity index (χ3v) is 5.42. The van der Waals surface area contributed by atoms with Crippen LogP contribution in [0.4, 0.5) is 5.82 Å². The lowest BCUT2D eigenvalue weighted by Crippen LogP contribution is -2.49. The van der Waals surface area contributed by atoms with Gasteiger partial charge in [-0.05, 0) is 62.4 Å². The first-order valence-corrected chi connectivity index (χ1v) is 11.0. The van der Waals surface area contributed by atoms with Crippen molar-refractivity contribution in [3.63, 3.8) is 0 Å². The SMILES string of the molecule is CCOc1ccc(-c2ccc(N3CCN(C(=O)c4ccccc4OCC)CC3)nn2)cc1. The summed E-state index contributed by atoms with van der Waals surface area (Å²) in [5.41, 5.74) is 2.43. The number of hydrogen-bond acceptors (Lipinski definition) is 6. The van der Waals surface area contributed by atoms with Crippen molar-refractivity contribution in [1.29, 1.82) is 0 Å². The van der Waals surface area contributed by atoms with Crippen LogP contribution in [-0.2, 0) is 0 Å². The average molecular weight is 433 g/mol. The van der Waals surface area contributed by atoms with E-state index in [1.54, 1.807) is 0 Å². The van der Waals surface area contributed by atoms with Gasteiger partial charge in [0, 0.05) is 31.7 Å². The van der Waals surface area contributed by atoms with Crippen LogP contribution < -0.4 is 14.4 Å². The van der Waals surface area contributed by atoms with Gasteiger partial charge in [0.25, 0.3) is 5.91 Å². The van der Waals surface area contributed by atoms with E-state index in [2.05, 4.69) is 15.1 Å². The van der Waals surface area contributed by atoms with Crippen molar-refractivity contribution in [2.24, 2.45) is 0 Å². The van der Waals surface area contributed by atoms with E-state index in [9.17, 15) is 4.79 Å². The Balaban J connectivity index is 1.37. The van der Waals surface area contributed by atoms with Gasteiger partial charge in [-0.3, -0.25) is 4.79 Å². The molecule has 7 nitrogen and oxygen atoms in total. The number of benzene rings is 2. The first kappa shape index (κ1) is 21.6. The van der Waals surface area contributed by atoms with Gasteiger partial charge in [0.2, 0.25) is 0 Å². The fourth-order valence-electron chi connectivity index (χ4n) is 3.77. The molecule has 2 aromatic carbocycles. The molecule has 1 aromatic heterocycles. The van der Waals surface area contributed by atoms with Crippen molar-refractivity contribution >= 4 is 11.7 Å². The van der Waals surface area contributed by atoms with Gasteiger partial charge in [-0.25, -0.2) is 0 Å². The number of nitrogens with zero attached hydrogens (tertiary/aromatic N) is 4. The Morgan fingerprint density at radius 3 is 2.22 bits per heavy atom. The monoisotopic (exact) mass is 432 g/mol. The minimum atomic E-state index is 0.00521. The molecule has 0 aliphatic carbocycles. The van der Waals surface area contributed by atoms with Crippen molar-refractivity contribution < 1.29 is 14.3 Å². The van der Waals surface area contributed by atoms with Gasteiger partial charge in [0.05, 0.1) is 24.5 Å². The van der Waals surface area contributed by atoms with E-state index in [0.717, 1.165) is 22.8 Å². The summed E-state index contributed by atoms with van der Waals surface area (Å²) in [6.07, 6.45) is 0. The number of aromatic nitrogens is 2. The van der Waals surface area contributed by atoms with Crippen LogP contribution in [0.25, 0.3) is 11.3 Å². The van der Waals surface area contributed by atoms with Gasteiger partial charge in [-0.2, -0.15) is 0 Å². The molecule has 0 radical (unpaired) electrons. The molecule has 2 heterocycles. The number of hydrogen-bond donors (Lipinski definition) is 0. The third kappa shape index (κ3) is 4.82. The number of amides is 1. The van der Waals surface area contributed by atoms with E-state index < -0.39 is 0 Å². The highest BCUT2D eigenvalue weighted by Crippen LogP contribution is 2.24. The fourth-order valence-corrected chi connectivity index (χ4v) is 3.77. The third-order valence-electron chi connectivity index (χ3n) is 5.42. The molecule has 1 amide bonds. The van der Waals surface area contributed by atoms with Gasteiger partial charge in [0.15, 0.2) is 5.82 Å². The zero-order chi connectivity index (χ0) is 22.3. The van der Waals surface area contributed by atoms with Gasteiger partial charge < -0.3 is 19.3 Å². The molecular weight excluding hydrogens is 404 g/mol. The molecule has 0 atom stereocenters. The molecule has 7 heteroatoms. The van der Waals surface area contributed by atoms with E-state index >= 15 is 0 Å². The van der Waals surface area contributed by atoms with Gasteiger partial charge >= 0.3 is 0 Å². The highest BCUT2D eigenvalue weighted by molar-refractivity contribution is 5.97. The molecule has 32 heavy (non-hydrogen) atoms. The highest BCUT2D eigenvalue weighted by atomic mass is 16.5. The Hall–Kier alpha value is -3.61. The van der Waals surface area contributed by atoms with E-state index in [1.165, 1.54) is 0 Å². The van der Waals surface area contributed by atoms with E-state index in [-0.39, 0.29) is 5.91 Å². The largest absolute Gasteiger partial charge is 0.494 e. The first-order chi connectivity index (χ1) is 15.7. The predicted octanol–water partition coefficient (Wildman–Crippen LogP) is 3.90. The smallest absolute Gasteiger partial charge is 0.257 e. The Bertz CT molecular complexity index is 1030. The molecule has 1 aliphatic heterocycles. The number of carbonyl (C=O) groups is 1. The van der Waals surface area contributed by atoms with Crippen LogP contribution in [-0.4, -0.2) is 60.4 Å². The first-order valence-electron chi connectivity index (χ1n) is 11.0. The minimum Gasteiger partial charge on any atom is -0.494 e. The lowest BCUT2D eigenvalue weighted by atomic mass is 10.1. The van der Waals surface area contributed by atoms with Gasteiger partial charge in [0.1, 0.15) is 11.5 Å². The van der Waals surface area contributed by atoms with Crippen LogP contribution in [0.3, 0.4) is 0 Å². The van der Waals surface area contributed by atoms with Crippen LogP contribution >= 0.6 is 0 Å². The van der Waals surface area contributed by atoms with Crippen LogP contribution in [0.2, 0.25) is 0 Å². The van der Waals surface area contributed by atoms with Crippen LogP contribution in [0.5, 0.6) is 11.5 Å². The Labute approximate surface area is 188 Å². The zero-order valence-electron chi connectivity index (χ0n) is 18.5. The number of rotatable bonds is 7. The number of piperazine rings is 1. The maximum Gasteiger partial charge on any atom is 0.257 e. The van der Waals surface area contributed by atoms with Gasteiger partial charge in [-0.1, -0.05) is 12.1 Å². The number of ether oxygens (including phenoxy) is 2. The van der Waals surface area contributed by atoms with Crippen molar-refractivity contribution in [3.8, 4) is 22.8 Å². The standard InChI is InChI=1S/C25H28N4O3/c1-3-31-20-11-9-19(10-12-20)22-13-14-24(27-26-22)28-15-17-29(18-16-28)25(30)21-7-5-6-8-23(21)32-4-2/h5-14H,3-4,15-18H2,1-2H3. The maximum absolute atomic E-state index is 13.0. The summed E-state index contributed by atoms with van der Waals surface area (Å²) in [4.78, 5) is 17.0. The fraction of sp³-hybridized carbons (Fsp3) is 0.320. The summed E-state index contributed by atoms with van der Waals surface area (Å²) in [5.74, 6) is 2.31. The molecular formula is C25H28N4O3. The normalized spacial score (nSPS) is 13.7. The summed E-state index contributed by atoms with van der Waals surface area (Å²) < 4.78 is 11.1. The lowest BCUT2D eigenvalue weighted by Gasteiger charge is -2.35. The summed E-state index contributed by atoms with van der Waals surface area (Å²) in [7, 11) is 0. The molecule has 1 fully saturated rings. The van der Waals surface area contributed by atoms with Crippen molar-refractivity contribution in [2.75, 3.05) is 44.3 Å². The Morgan fingerprint density at radius 1 is 0.844 bits per heavy atom. The second-order valence-electron chi connectivity index (χ2n) is 7.44. The molecule has 1 aliphatic rings. The molecule has 0 N–H and O–H groups in total. The van der Waals surface area contributed by atoms with E-state index in [4.69, 9.17) is 9.47 Å². The second kappa shape index (κ2) is 10.1. The van der Waals surface area contributed by atoms with Crippen LogP contribution in [0.15, 0.2) is 60.7 Å². The highest BCUT2D eigenvalue weighted by Gasteiger charge is 2.25. The summed E-state index contributed by atoms with van der Waals surface area (Å²) >= 11 is 0. The lowest BCUT2D eigenvalue weighted by molar-refractivity contribution is 0.0742. The maximum atomic E-state index is 13.0. The summed E-state index contributed by atoms with van der Waals surface area (Å²) in [5, 5.41) is 8.83. The second-order valence-corrected chi connectivity index (χ2v) is 7.44. The predicted molar refractivity (Wildman–Crippen MR) is 124 cm³/mol. The van der Waals surface area contributed by atoms with Crippen LogP contribution in [0, 0.1) is 0 Å².